The molecule has 33 heavy (non-hydrogen) atoms. The van der Waals surface area contributed by atoms with Crippen molar-refractivity contribution in [2.75, 3.05) is 0 Å². The number of hydrogen-bond acceptors (Lipinski definition) is 7. The predicted octanol–water partition coefficient (Wildman–Crippen LogP) is 2.93. The molecule has 0 amide bonds. The Labute approximate surface area is 194 Å². The monoisotopic (exact) mass is 462 g/mol. The Balaban J connectivity index is 0.000000136. The minimum atomic E-state index is -0.935. The van der Waals surface area contributed by atoms with Gasteiger partial charge in [-0.3, -0.25) is 4.79 Å². The second kappa shape index (κ2) is 8.55. The Hall–Kier alpha value is -2.19. The molecule has 0 aromatic heterocycles. The molecule has 6 bridgehead atoms. The average molecular weight is 463 g/mol. The zero-order valence-corrected chi connectivity index (χ0v) is 19.4. The first-order valence-electron chi connectivity index (χ1n) is 11.7. The number of carbonyl (C=O) groups is 3. The van der Waals surface area contributed by atoms with Crippen molar-refractivity contribution in [3.8, 4) is 0 Å². The highest BCUT2D eigenvalue weighted by molar-refractivity contribution is 5.87. The maximum atomic E-state index is 11.7. The van der Waals surface area contributed by atoms with Gasteiger partial charge < -0.3 is 24.4 Å². The summed E-state index contributed by atoms with van der Waals surface area (Å²) in [4.78, 5) is 32.3. The number of rotatable bonds is 3. The summed E-state index contributed by atoms with van der Waals surface area (Å²) in [6.07, 6.45) is 7.90. The number of aliphatic carboxylic acids is 1. The fourth-order valence-corrected chi connectivity index (χ4v) is 6.80. The molecule has 8 heteroatoms. The number of carboxylic acid groups (broad SMARTS) is 1. The van der Waals surface area contributed by atoms with Gasteiger partial charge in [-0.05, 0) is 64.2 Å². The van der Waals surface area contributed by atoms with Crippen LogP contribution in [0.1, 0.15) is 65.2 Å². The third-order valence-electron chi connectivity index (χ3n) is 7.69. The summed E-state index contributed by atoms with van der Waals surface area (Å²) in [5, 5.41) is 18.4. The highest BCUT2D eigenvalue weighted by Gasteiger charge is 2.59. The van der Waals surface area contributed by atoms with Crippen LogP contribution in [-0.2, 0) is 28.6 Å². The van der Waals surface area contributed by atoms with E-state index in [0.29, 0.717) is 29.9 Å². The molecule has 0 aromatic carbocycles. The second-order valence-electron chi connectivity index (χ2n) is 10.9. The lowest BCUT2D eigenvalue weighted by Crippen LogP contribution is -2.60. The van der Waals surface area contributed by atoms with Gasteiger partial charge in [-0.1, -0.05) is 13.2 Å². The zero-order valence-electron chi connectivity index (χ0n) is 19.4. The summed E-state index contributed by atoms with van der Waals surface area (Å²) in [5.74, 6) is -0.0948. The third-order valence-corrected chi connectivity index (χ3v) is 7.69. The van der Waals surface area contributed by atoms with Crippen molar-refractivity contribution in [1.82, 2.24) is 0 Å². The summed E-state index contributed by atoms with van der Waals surface area (Å²) in [7, 11) is 0. The van der Waals surface area contributed by atoms with Gasteiger partial charge in [0.2, 0.25) is 0 Å². The number of ether oxygens (including phenoxy) is 3. The van der Waals surface area contributed by atoms with Gasteiger partial charge in [0.1, 0.15) is 17.8 Å². The van der Waals surface area contributed by atoms with Crippen LogP contribution in [0.15, 0.2) is 24.3 Å². The first-order valence-corrected chi connectivity index (χ1v) is 11.7. The van der Waals surface area contributed by atoms with Gasteiger partial charge in [0.25, 0.3) is 0 Å². The lowest BCUT2D eigenvalue weighted by atomic mass is 9.52. The van der Waals surface area contributed by atoms with Crippen LogP contribution in [-0.4, -0.2) is 57.6 Å². The van der Waals surface area contributed by atoms with E-state index in [9.17, 15) is 19.5 Å². The first-order chi connectivity index (χ1) is 15.4. The maximum absolute atomic E-state index is 11.7. The van der Waals surface area contributed by atoms with Crippen molar-refractivity contribution in [2.45, 2.75) is 94.7 Å². The number of carbonyl (C=O) groups excluding carboxylic acids is 2. The topological polar surface area (TPSA) is 119 Å². The summed E-state index contributed by atoms with van der Waals surface area (Å²) < 4.78 is 16.2. The molecule has 182 valence electrons. The van der Waals surface area contributed by atoms with Crippen molar-refractivity contribution in [1.29, 1.82) is 0 Å². The van der Waals surface area contributed by atoms with Gasteiger partial charge in [0.15, 0.2) is 0 Å². The zero-order chi connectivity index (χ0) is 24.1. The molecule has 0 radical (unpaired) electrons. The van der Waals surface area contributed by atoms with Crippen LogP contribution in [0, 0.1) is 17.8 Å². The van der Waals surface area contributed by atoms with Gasteiger partial charge in [0.05, 0.1) is 17.6 Å². The van der Waals surface area contributed by atoms with E-state index < -0.39 is 17.2 Å². The highest BCUT2D eigenvalue weighted by Crippen LogP contribution is 2.59. The Kier molecular flexibility index (Phi) is 6.20. The standard InChI is InChI=1S/C14H20O3.C7H8O3.C4H6O2/c1-9(2)12(15)17-14-6-10-3-11(7-14)5-13(16,4-10)8-14;8-7-4-1-3-2-5(10-7)6(4)9-3;1-3(2)4(5)6/h10-11,16H,1,3-8H2,2H3;3-6H,1-2H2;1H2,2H3,(H,5,6). The van der Waals surface area contributed by atoms with Crippen molar-refractivity contribution in [2.24, 2.45) is 17.8 Å². The lowest BCUT2D eigenvalue weighted by Gasteiger charge is -2.59. The molecule has 3 heterocycles. The van der Waals surface area contributed by atoms with E-state index in [1.54, 1.807) is 6.92 Å². The van der Waals surface area contributed by atoms with Crippen LogP contribution in [0.4, 0.5) is 0 Å². The van der Waals surface area contributed by atoms with Crippen LogP contribution in [0.25, 0.3) is 0 Å². The molecular formula is C25H34O8. The number of fused-ring (bicyclic) bond motifs is 1. The van der Waals surface area contributed by atoms with Crippen LogP contribution in [0.3, 0.4) is 0 Å². The maximum Gasteiger partial charge on any atom is 0.333 e. The van der Waals surface area contributed by atoms with Gasteiger partial charge in [0, 0.05) is 24.0 Å². The first kappa shape index (κ1) is 24.0. The van der Waals surface area contributed by atoms with E-state index in [4.69, 9.17) is 19.3 Å². The quantitative estimate of drug-likeness (QED) is 0.485. The van der Waals surface area contributed by atoms with E-state index in [-0.39, 0.29) is 35.6 Å². The Morgan fingerprint density at radius 1 is 1.03 bits per heavy atom. The molecule has 0 spiro atoms. The minimum Gasteiger partial charge on any atom is -0.478 e. The van der Waals surface area contributed by atoms with Crippen LogP contribution < -0.4 is 0 Å². The number of esters is 2. The normalized spacial score (nSPS) is 42.5. The summed E-state index contributed by atoms with van der Waals surface area (Å²) >= 11 is 0. The molecule has 3 saturated heterocycles. The molecule has 6 atom stereocenters. The molecule has 4 aliphatic carbocycles. The van der Waals surface area contributed by atoms with Crippen molar-refractivity contribution in [3.63, 3.8) is 0 Å². The summed E-state index contributed by atoms with van der Waals surface area (Å²) in [6.45, 7) is 9.91. The van der Waals surface area contributed by atoms with Gasteiger partial charge in [-0.15, -0.1) is 0 Å². The molecule has 7 rings (SSSR count). The minimum absolute atomic E-state index is 0.0324. The van der Waals surface area contributed by atoms with Gasteiger partial charge in [-0.25, -0.2) is 9.59 Å². The van der Waals surface area contributed by atoms with Crippen LogP contribution in [0.5, 0.6) is 0 Å². The number of hydrogen-bond donors (Lipinski definition) is 2. The molecule has 4 saturated carbocycles. The lowest BCUT2D eigenvalue weighted by molar-refractivity contribution is -0.217. The van der Waals surface area contributed by atoms with Crippen molar-refractivity contribution < 1.29 is 38.8 Å². The van der Waals surface area contributed by atoms with E-state index >= 15 is 0 Å². The molecular weight excluding hydrogens is 428 g/mol. The van der Waals surface area contributed by atoms with Gasteiger partial charge in [-0.2, -0.15) is 0 Å². The third kappa shape index (κ3) is 4.87. The molecule has 0 aromatic rings. The Morgan fingerprint density at radius 2 is 1.64 bits per heavy atom. The van der Waals surface area contributed by atoms with E-state index in [0.717, 1.165) is 38.5 Å². The van der Waals surface area contributed by atoms with Gasteiger partial charge >= 0.3 is 17.9 Å². The molecule has 3 aliphatic heterocycles. The fraction of sp³-hybridized carbons (Fsp3) is 0.720. The molecule has 7 fully saturated rings. The number of carboxylic acids is 1. The Morgan fingerprint density at radius 3 is 2.06 bits per heavy atom. The smallest absolute Gasteiger partial charge is 0.333 e. The Bertz CT molecular complexity index is 848. The second-order valence-corrected chi connectivity index (χ2v) is 10.9. The summed E-state index contributed by atoms with van der Waals surface area (Å²) in [6, 6.07) is 0. The average Bonchev–Trinajstić information content (AvgIpc) is 3.30. The number of aliphatic hydroxyl groups is 1. The molecule has 8 nitrogen and oxygen atoms in total. The molecule has 2 N–H and O–H groups in total. The molecule has 6 unspecified atom stereocenters. The van der Waals surface area contributed by atoms with E-state index in [1.807, 2.05) is 0 Å². The SMILES string of the molecule is C=C(C)C(=O)O.C=C(C)C(=O)OC12CC3CC(CC(O)(C3)C1)C2.O=C1OC2CC3CC1C2O3. The van der Waals surface area contributed by atoms with E-state index in [1.165, 1.54) is 13.3 Å². The molecule has 7 aliphatic rings. The van der Waals surface area contributed by atoms with E-state index in [2.05, 4.69) is 13.2 Å². The van der Waals surface area contributed by atoms with Crippen molar-refractivity contribution >= 4 is 17.9 Å². The summed E-state index contributed by atoms with van der Waals surface area (Å²) in [5.41, 5.74) is -0.336. The fourth-order valence-electron chi connectivity index (χ4n) is 6.80. The predicted molar refractivity (Wildman–Crippen MR) is 117 cm³/mol. The van der Waals surface area contributed by atoms with Crippen molar-refractivity contribution in [3.05, 3.63) is 24.3 Å². The largest absolute Gasteiger partial charge is 0.478 e. The highest BCUT2D eigenvalue weighted by atomic mass is 16.6. The van der Waals surface area contributed by atoms with Crippen LogP contribution in [0.2, 0.25) is 0 Å². The van der Waals surface area contributed by atoms with Crippen LogP contribution >= 0.6 is 0 Å².